The normalized spacial score (nSPS) is 56.9. The molecule has 0 aromatic rings. The summed E-state index contributed by atoms with van der Waals surface area (Å²) in [6.45, 7) is 4.89. The maximum Gasteiger partial charge on any atom is 0.123 e. The third kappa shape index (κ3) is 1.28. The number of carbonyl (C=O) groups is 1. The summed E-state index contributed by atoms with van der Waals surface area (Å²) >= 11 is 0. The molecular weight excluding hydrogens is 212 g/mol. The summed E-state index contributed by atoms with van der Waals surface area (Å²) in [6.07, 6.45) is 7.24. The van der Waals surface area contributed by atoms with Gasteiger partial charge in [0.05, 0.1) is 0 Å². The molecule has 0 aliphatic heterocycles. The fourth-order valence-electron chi connectivity index (χ4n) is 5.74. The van der Waals surface area contributed by atoms with Crippen LogP contribution in [-0.4, -0.2) is 18.0 Å². The van der Waals surface area contributed by atoms with E-state index in [-0.39, 0.29) is 16.7 Å². The lowest BCUT2D eigenvalue weighted by atomic mass is 9.65. The van der Waals surface area contributed by atoms with E-state index in [1.807, 2.05) is 0 Å². The molecule has 17 heavy (non-hydrogen) atoms. The highest BCUT2D eigenvalue weighted by Gasteiger charge is 2.65. The van der Waals surface area contributed by atoms with Crippen molar-refractivity contribution in [2.75, 3.05) is 6.61 Å². The minimum absolute atomic E-state index is 0.0708. The highest BCUT2D eigenvalue weighted by Crippen LogP contribution is 2.70. The summed E-state index contributed by atoms with van der Waals surface area (Å²) < 4.78 is 0. The highest BCUT2D eigenvalue weighted by atomic mass is 16.3. The summed E-state index contributed by atoms with van der Waals surface area (Å²) in [5.41, 5.74) is 0.309. The standard InChI is InChI=1S/C15H24O2/c1-14(9-17)6-3-7-15(2)11-5-4-10(13(11)14)12(15)8-16/h8,10-13,17H,3-7,9H2,1-2H3/t10-,11+,12-,13-,14+,15+/m1/s1. The molecule has 3 fully saturated rings. The van der Waals surface area contributed by atoms with Crippen molar-refractivity contribution in [2.45, 2.75) is 46.0 Å². The van der Waals surface area contributed by atoms with E-state index in [9.17, 15) is 9.90 Å². The first-order valence-corrected chi connectivity index (χ1v) is 7.13. The summed E-state index contributed by atoms with van der Waals surface area (Å²) in [7, 11) is 0. The topological polar surface area (TPSA) is 37.3 Å². The van der Waals surface area contributed by atoms with E-state index in [2.05, 4.69) is 13.8 Å². The van der Waals surface area contributed by atoms with Crippen LogP contribution < -0.4 is 0 Å². The number of rotatable bonds is 2. The molecule has 2 nitrogen and oxygen atoms in total. The molecule has 0 aromatic carbocycles. The van der Waals surface area contributed by atoms with Crippen LogP contribution in [-0.2, 0) is 4.79 Å². The van der Waals surface area contributed by atoms with Gasteiger partial charge in [-0.2, -0.15) is 0 Å². The van der Waals surface area contributed by atoms with E-state index in [4.69, 9.17) is 0 Å². The molecule has 3 rings (SSSR count). The zero-order valence-electron chi connectivity index (χ0n) is 11.0. The number of aliphatic hydroxyl groups excluding tert-OH is 1. The van der Waals surface area contributed by atoms with Gasteiger partial charge in [0, 0.05) is 12.5 Å². The van der Waals surface area contributed by atoms with Crippen molar-refractivity contribution in [3.63, 3.8) is 0 Å². The molecule has 0 saturated heterocycles. The molecule has 0 heterocycles. The van der Waals surface area contributed by atoms with E-state index in [1.54, 1.807) is 0 Å². The fourth-order valence-corrected chi connectivity index (χ4v) is 5.74. The largest absolute Gasteiger partial charge is 0.396 e. The van der Waals surface area contributed by atoms with Crippen LogP contribution in [0, 0.1) is 34.5 Å². The predicted octanol–water partition coefficient (Wildman–Crippen LogP) is 2.65. The van der Waals surface area contributed by atoms with Crippen LogP contribution in [0.2, 0.25) is 0 Å². The van der Waals surface area contributed by atoms with Crippen molar-refractivity contribution in [1.29, 1.82) is 0 Å². The first kappa shape index (κ1) is 11.7. The lowest BCUT2D eigenvalue weighted by molar-refractivity contribution is -0.117. The van der Waals surface area contributed by atoms with Gasteiger partial charge in [0.25, 0.3) is 0 Å². The van der Waals surface area contributed by atoms with E-state index >= 15 is 0 Å². The van der Waals surface area contributed by atoms with Gasteiger partial charge in [0.2, 0.25) is 0 Å². The third-order valence-electron chi connectivity index (χ3n) is 6.55. The molecule has 2 heteroatoms. The summed E-state index contributed by atoms with van der Waals surface area (Å²) in [4.78, 5) is 11.5. The van der Waals surface area contributed by atoms with Crippen LogP contribution in [0.5, 0.6) is 0 Å². The average Bonchev–Trinajstić information content (AvgIpc) is 2.79. The van der Waals surface area contributed by atoms with Crippen molar-refractivity contribution in [1.82, 2.24) is 0 Å². The van der Waals surface area contributed by atoms with E-state index in [0.717, 1.165) is 6.42 Å². The lowest BCUT2D eigenvalue weighted by Crippen LogP contribution is -2.35. The Morgan fingerprint density at radius 3 is 2.71 bits per heavy atom. The van der Waals surface area contributed by atoms with Crippen LogP contribution in [0.1, 0.15) is 46.0 Å². The van der Waals surface area contributed by atoms with Gasteiger partial charge < -0.3 is 9.90 Å². The Labute approximate surface area is 104 Å². The average molecular weight is 236 g/mol. The molecule has 4 bridgehead atoms. The second-order valence-electron chi connectivity index (χ2n) is 7.21. The first-order chi connectivity index (χ1) is 8.07. The second-order valence-corrected chi connectivity index (χ2v) is 7.21. The number of aldehydes is 1. The minimum atomic E-state index is 0.0708. The maximum absolute atomic E-state index is 11.5. The molecule has 0 radical (unpaired) electrons. The zero-order valence-corrected chi connectivity index (χ0v) is 11.0. The second kappa shape index (κ2) is 3.57. The Morgan fingerprint density at radius 1 is 1.29 bits per heavy atom. The molecular formula is C15H24O2. The summed E-state index contributed by atoms with van der Waals surface area (Å²) in [5.74, 6) is 2.09. The Kier molecular flexibility index (Phi) is 2.46. The minimum Gasteiger partial charge on any atom is -0.396 e. The van der Waals surface area contributed by atoms with Gasteiger partial charge in [-0.3, -0.25) is 0 Å². The van der Waals surface area contributed by atoms with Crippen LogP contribution in [0.25, 0.3) is 0 Å². The van der Waals surface area contributed by atoms with E-state index in [1.165, 1.54) is 32.0 Å². The SMILES string of the molecule is C[C@@]1(CO)CCC[C@]2(C)[C@H](C=O)[C@H]3CC[C@H]2[C@@H]31. The molecule has 0 spiro atoms. The van der Waals surface area contributed by atoms with Crippen molar-refractivity contribution in [3.8, 4) is 0 Å². The van der Waals surface area contributed by atoms with Crippen LogP contribution in [0.4, 0.5) is 0 Å². The Balaban J connectivity index is 2.06. The van der Waals surface area contributed by atoms with Gasteiger partial charge in [-0.15, -0.1) is 0 Å². The molecule has 6 atom stereocenters. The quantitative estimate of drug-likeness (QED) is 0.748. The summed E-state index contributed by atoms with van der Waals surface area (Å²) in [6, 6.07) is 0. The Bertz CT molecular complexity index is 340. The Hall–Kier alpha value is -0.370. The highest BCUT2D eigenvalue weighted by molar-refractivity contribution is 5.58. The molecule has 0 aromatic heterocycles. The number of hydrogen-bond acceptors (Lipinski definition) is 2. The number of hydrogen-bond donors (Lipinski definition) is 1. The number of carbonyl (C=O) groups excluding carboxylic acids is 1. The molecule has 3 saturated carbocycles. The van der Waals surface area contributed by atoms with Gasteiger partial charge in [0.1, 0.15) is 6.29 Å². The van der Waals surface area contributed by atoms with Crippen molar-refractivity contribution < 1.29 is 9.90 Å². The summed E-state index contributed by atoms with van der Waals surface area (Å²) in [5, 5.41) is 9.81. The van der Waals surface area contributed by atoms with Crippen LogP contribution in [0.15, 0.2) is 0 Å². The first-order valence-electron chi connectivity index (χ1n) is 7.13. The van der Waals surface area contributed by atoms with E-state index in [0.29, 0.717) is 24.4 Å². The van der Waals surface area contributed by atoms with Crippen molar-refractivity contribution in [3.05, 3.63) is 0 Å². The molecule has 0 amide bonds. The van der Waals surface area contributed by atoms with Crippen molar-refractivity contribution >= 4 is 6.29 Å². The monoisotopic (exact) mass is 236 g/mol. The van der Waals surface area contributed by atoms with Gasteiger partial charge >= 0.3 is 0 Å². The van der Waals surface area contributed by atoms with Gasteiger partial charge in [0.15, 0.2) is 0 Å². The molecule has 0 unspecified atom stereocenters. The molecule has 3 aliphatic rings. The van der Waals surface area contributed by atoms with Crippen LogP contribution >= 0.6 is 0 Å². The molecule has 3 aliphatic carbocycles. The smallest absolute Gasteiger partial charge is 0.123 e. The third-order valence-corrected chi connectivity index (χ3v) is 6.55. The van der Waals surface area contributed by atoms with Crippen LogP contribution in [0.3, 0.4) is 0 Å². The van der Waals surface area contributed by atoms with Crippen molar-refractivity contribution in [2.24, 2.45) is 34.5 Å². The van der Waals surface area contributed by atoms with Gasteiger partial charge in [-0.05, 0) is 54.3 Å². The predicted molar refractivity (Wildman–Crippen MR) is 66.4 cm³/mol. The van der Waals surface area contributed by atoms with E-state index < -0.39 is 0 Å². The maximum atomic E-state index is 11.5. The zero-order chi connectivity index (χ0) is 12.3. The fraction of sp³-hybridized carbons (Fsp3) is 0.933. The molecule has 96 valence electrons. The lowest BCUT2D eigenvalue weighted by Gasteiger charge is -2.38. The molecule has 1 N–H and O–H groups in total. The number of aliphatic hydroxyl groups is 1. The van der Waals surface area contributed by atoms with Gasteiger partial charge in [-0.25, -0.2) is 0 Å². The van der Waals surface area contributed by atoms with Gasteiger partial charge in [-0.1, -0.05) is 20.3 Å². The Morgan fingerprint density at radius 2 is 2.06 bits per heavy atom.